The lowest BCUT2D eigenvalue weighted by molar-refractivity contribution is 0.0688. The molecule has 0 spiro atoms. The maximum atomic E-state index is 12.9. The van der Waals surface area contributed by atoms with E-state index in [1.54, 1.807) is 35.6 Å². The van der Waals surface area contributed by atoms with Gasteiger partial charge in [0.05, 0.1) is 17.5 Å². The van der Waals surface area contributed by atoms with Crippen LogP contribution in [-0.2, 0) is 13.0 Å². The molecule has 4 aromatic rings. The number of nitrogens with zero attached hydrogens (tertiary/aromatic N) is 5. The number of carbonyl (C=O) groups is 1. The zero-order valence-electron chi connectivity index (χ0n) is 13.6. The second-order valence-corrected chi connectivity index (χ2v) is 5.99. The number of hydrogen-bond acceptors (Lipinski definition) is 7. The van der Waals surface area contributed by atoms with Crippen LogP contribution in [0.4, 0.5) is 0 Å². The molecule has 0 unspecified atom stereocenters. The minimum Gasteiger partial charge on any atom is -0.441 e. The molecule has 0 bridgehead atoms. The molecule has 5 heterocycles. The smallest absolute Gasteiger partial charge is 0.293 e. The van der Waals surface area contributed by atoms with Crippen LogP contribution >= 0.6 is 0 Å². The van der Waals surface area contributed by atoms with Gasteiger partial charge in [-0.25, -0.2) is 9.97 Å². The van der Waals surface area contributed by atoms with Gasteiger partial charge in [-0.2, -0.15) is 0 Å². The number of fused-ring (bicyclic) bond motifs is 2. The van der Waals surface area contributed by atoms with E-state index in [-0.39, 0.29) is 11.7 Å². The molecule has 0 N–H and O–H groups in total. The highest BCUT2D eigenvalue weighted by molar-refractivity contribution is 6.02. The van der Waals surface area contributed by atoms with E-state index < -0.39 is 0 Å². The lowest BCUT2D eigenvalue weighted by Gasteiger charge is -2.24. The van der Waals surface area contributed by atoms with Gasteiger partial charge in [0, 0.05) is 31.6 Å². The Bertz CT molecular complexity index is 1100. The fraction of sp³-hybridized carbons (Fsp3) is 0.167. The molecule has 0 fully saturated rings. The average molecular weight is 347 g/mol. The SMILES string of the molecule is O=C(c1onc2ncccc12)N1CCc2oc(-c3cccnc3)nc2C1. The monoisotopic (exact) mass is 347 g/mol. The molecule has 8 heteroatoms. The third-order valence-corrected chi connectivity index (χ3v) is 4.37. The summed E-state index contributed by atoms with van der Waals surface area (Å²) in [7, 11) is 0. The topological polar surface area (TPSA) is 98.2 Å². The van der Waals surface area contributed by atoms with Crippen LogP contribution in [0, 0.1) is 0 Å². The first kappa shape index (κ1) is 14.8. The number of rotatable bonds is 2. The molecule has 0 saturated carbocycles. The second kappa shape index (κ2) is 5.76. The number of carbonyl (C=O) groups excluding carboxylic acids is 1. The van der Waals surface area contributed by atoms with Gasteiger partial charge in [-0.05, 0) is 24.3 Å². The van der Waals surface area contributed by atoms with Gasteiger partial charge in [0.2, 0.25) is 17.3 Å². The molecule has 26 heavy (non-hydrogen) atoms. The van der Waals surface area contributed by atoms with E-state index in [4.69, 9.17) is 8.94 Å². The first-order valence-corrected chi connectivity index (χ1v) is 8.18. The number of hydrogen-bond donors (Lipinski definition) is 0. The van der Waals surface area contributed by atoms with E-state index >= 15 is 0 Å². The van der Waals surface area contributed by atoms with Crippen LogP contribution in [0.5, 0.6) is 0 Å². The van der Waals surface area contributed by atoms with Crippen molar-refractivity contribution >= 4 is 16.9 Å². The van der Waals surface area contributed by atoms with Crippen molar-refractivity contribution in [3.05, 3.63) is 60.1 Å². The Labute approximate surface area is 147 Å². The van der Waals surface area contributed by atoms with Crippen molar-refractivity contribution < 1.29 is 13.7 Å². The van der Waals surface area contributed by atoms with Gasteiger partial charge in [-0.15, -0.1) is 0 Å². The molecule has 1 aliphatic heterocycles. The van der Waals surface area contributed by atoms with Crippen LogP contribution in [0.15, 0.2) is 51.8 Å². The van der Waals surface area contributed by atoms with Gasteiger partial charge in [0.1, 0.15) is 11.5 Å². The minimum atomic E-state index is -0.225. The predicted molar refractivity (Wildman–Crippen MR) is 90.0 cm³/mol. The van der Waals surface area contributed by atoms with E-state index in [1.807, 2.05) is 12.1 Å². The molecular weight excluding hydrogens is 334 g/mol. The summed E-state index contributed by atoms with van der Waals surface area (Å²) in [5.74, 6) is 1.30. The summed E-state index contributed by atoms with van der Waals surface area (Å²) in [6, 6.07) is 7.25. The van der Waals surface area contributed by atoms with Crippen LogP contribution in [-0.4, -0.2) is 37.5 Å². The van der Waals surface area contributed by atoms with Gasteiger partial charge in [-0.3, -0.25) is 9.78 Å². The Hall–Kier alpha value is -3.55. The first-order valence-electron chi connectivity index (χ1n) is 8.18. The largest absolute Gasteiger partial charge is 0.441 e. The molecule has 0 aliphatic carbocycles. The highest BCUT2D eigenvalue weighted by Gasteiger charge is 2.29. The summed E-state index contributed by atoms with van der Waals surface area (Å²) in [6.07, 6.45) is 5.61. The Balaban J connectivity index is 1.44. The third kappa shape index (κ3) is 2.34. The van der Waals surface area contributed by atoms with Crippen molar-refractivity contribution in [3.63, 3.8) is 0 Å². The van der Waals surface area contributed by atoms with Crippen LogP contribution in [0.1, 0.15) is 22.0 Å². The fourth-order valence-electron chi connectivity index (χ4n) is 3.07. The molecule has 0 radical (unpaired) electrons. The summed E-state index contributed by atoms with van der Waals surface area (Å²) >= 11 is 0. The quantitative estimate of drug-likeness (QED) is 0.549. The lowest BCUT2D eigenvalue weighted by Crippen LogP contribution is -2.35. The zero-order valence-corrected chi connectivity index (χ0v) is 13.6. The third-order valence-electron chi connectivity index (χ3n) is 4.37. The predicted octanol–water partition coefficient (Wildman–Crippen LogP) is 2.47. The summed E-state index contributed by atoms with van der Waals surface area (Å²) in [4.78, 5) is 27.3. The molecule has 5 rings (SSSR count). The van der Waals surface area contributed by atoms with Crippen molar-refractivity contribution in [3.8, 4) is 11.5 Å². The number of pyridine rings is 2. The summed E-state index contributed by atoms with van der Waals surface area (Å²) in [5.41, 5.74) is 1.99. The number of aromatic nitrogens is 4. The highest BCUT2D eigenvalue weighted by Crippen LogP contribution is 2.27. The molecule has 1 aliphatic rings. The molecular formula is C18H13N5O3. The maximum Gasteiger partial charge on any atom is 0.293 e. The standard InChI is InChI=1S/C18H13N5O3/c24-18(15-12-4-2-7-20-16(12)22-26-15)23-8-5-14-13(10-23)21-17(25-14)11-3-1-6-19-9-11/h1-4,6-7,9H,5,8,10H2. The van der Waals surface area contributed by atoms with Crippen molar-refractivity contribution in [2.45, 2.75) is 13.0 Å². The second-order valence-electron chi connectivity index (χ2n) is 5.99. The van der Waals surface area contributed by atoms with Crippen LogP contribution in [0.2, 0.25) is 0 Å². The number of amides is 1. The molecule has 0 aromatic carbocycles. The van der Waals surface area contributed by atoms with E-state index in [9.17, 15) is 4.79 Å². The Kier molecular flexibility index (Phi) is 3.27. The van der Waals surface area contributed by atoms with Crippen molar-refractivity contribution in [1.29, 1.82) is 0 Å². The van der Waals surface area contributed by atoms with E-state index in [0.29, 0.717) is 36.4 Å². The van der Waals surface area contributed by atoms with E-state index in [2.05, 4.69) is 20.1 Å². The summed E-state index contributed by atoms with van der Waals surface area (Å²) in [5, 5.41) is 4.46. The lowest BCUT2D eigenvalue weighted by atomic mass is 10.1. The molecule has 1 amide bonds. The van der Waals surface area contributed by atoms with Gasteiger partial charge in [0.15, 0.2) is 0 Å². The minimum absolute atomic E-state index is 0.201. The normalized spacial score (nSPS) is 13.8. The maximum absolute atomic E-state index is 12.9. The number of oxazole rings is 1. The first-order chi connectivity index (χ1) is 12.8. The summed E-state index contributed by atoms with van der Waals surface area (Å²) in [6.45, 7) is 0.885. The molecule has 128 valence electrons. The molecule has 0 saturated heterocycles. The fourth-order valence-corrected chi connectivity index (χ4v) is 3.07. The van der Waals surface area contributed by atoms with Gasteiger partial charge >= 0.3 is 0 Å². The average Bonchev–Trinajstić information content (AvgIpc) is 3.32. The Morgan fingerprint density at radius 2 is 2.12 bits per heavy atom. The van der Waals surface area contributed by atoms with Crippen molar-refractivity contribution in [1.82, 2.24) is 25.0 Å². The van der Waals surface area contributed by atoms with Crippen LogP contribution in [0.3, 0.4) is 0 Å². The van der Waals surface area contributed by atoms with Crippen LogP contribution < -0.4 is 0 Å². The van der Waals surface area contributed by atoms with E-state index in [1.165, 1.54) is 0 Å². The van der Waals surface area contributed by atoms with Crippen molar-refractivity contribution in [2.24, 2.45) is 0 Å². The van der Waals surface area contributed by atoms with Gasteiger partial charge in [0.25, 0.3) is 5.91 Å². The Morgan fingerprint density at radius 1 is 1.19 bits per heavy atom. The molecule has 4 aromatic heterocycles. The zero-order chi connectivity index (χ0) is 17.5. The Morgan fingerprint density at radius 3 is 3.00 bits per heavy atom. The molecule has 8 nitrogen and oxygen atoms in total. The van der Waals surface area contributed by atoms with Crippen LogP contribution in [0.25, 0.3) is 22.5 Å². The van der Waals surface area contributed by atoms with Crippen molar-refractivity contribution in [2.75, 3.05) is 6.54 Å². The highest BCUT2D eigenvalue weighted by atomic mass is 16.5. The van der Waals surface area contributed by atoms with E-state index in [0.717, 1.165) is 17.0 Å². The summed E-state index contributed by atoms with van der Waals surface area (Å²) < 4.78 is 11.1. The van der Waals surface area contributed by atoms with Gasteiger partial charge in [-0.1, -0.05) is 5.16 Å². The van der Waals surface area contributed by atoms with Gasteiger partial charge < -0.3 is 13.8 Å². The molecule has 0 atom stereocenters.